The van der Waals surface area contributed by atoms with E-state index >= 15 is 0 Å². The standard InChI is InChI=1S/C10H17N3S/c1-9-8-12-10(14-9)2-5-13-6-3-11-4-7-13/h8,11H,2-7H2,1H3. The van der Waals surface area contributed by atoms with E-state index in [2.05, 4.69) is 22.1 Å². The zero-order chi connectivity index (χ0) is 9.80. The minimum Gasteiger partial charge on any atom is -0.314 e. The summed E-state index contributed by atoms with van der Waals surface area (Å²) >= 11 is 1.82. The van der Waals surface area contributed by atoms with E-state index in [1.54, 1.807) is 0 Å². The molecule has 0 saturated carbocycles. The molecule has 0 unspecified atom stereocenters. The Morgan fingerprint density at radius 2 is 2.29 bits per heavy atom. The van der Waals surface area contributed by atoms with Crippen molar-refractivity contribution < 1.29 is 0 Å². The first-order chi connectivity index (χ1) is 6.84. The molecule has 2 heterocycles. The molecule has 1 N–H and O–H groups in total. The van der Waals surface area contributed by atoms with Crippen LogP contribution in [0.5, 0.6) is 0 Å². The van der Waals surface area contributed by atoms with Gasteiger partial charge in [0.1, 0.15) is 0 Å². The van der Waals surface area contributed by atoms with Crippen LogP contribution in [-0.2, 0) is 6.42 Å². The summed E-state index contributed by atoms with van der Waals surface area (Å²) in [6, 6.07) is 0. The maximum atomic E-state index is 4.38. The molecule has 1 fully saturated rings. The number of piperazine rings is 1. The van der Waals surface area contributed by atoms with Crippen LogP contribution in [0.1, 0.15) is 9.88 Å². The highest BCUT2D eigenvalue weighted by Gasteiger charge is 2.09. The number of nitrogens with one attached hydrogen (secondary N) is 1. The summed E-state index contributed by atoms with van der Waals surface area (Å²) in [7, 11) is 0. The number of aryl methyl sites for hydroxylation is 1. The van der Waals surface area contributed by atoms with Crippen molar-refractivity contribution in [1.29, 1.82) is 0 Å². The molecule has 1 aliphatic rings. The van der Waals surface area contributed by atoms with Gasteiger partial charge < -0.3 is 10.2 Å². The van der Waals surface area contributed by atoms with Crippen molar-refractivity contribution in [3.63, 3.8) is 0 Å². The van der Waals surface area contributed by atoms with Crippen LogP contribution < -0.4 is 5.32 Å². The Hall–Kier alpha value is -0.450. The lowest BCUT2D eigenvalue weighted by Crippen LogP contribution is -2.44. The molecule has 1 aromatic heterocycles. The number of thiazole rings is 1. The SMILES string of the molecule is Cc1cnc(CCN2CCNCC2)s1. The number of nitrogens with zero attached hydrogens (tertiary/aromatic N) is 2. The van der Waals surface area contributed by atoms with Gasteiger partial charge in [0.25, 0.3) is 0 Å². The predicted molar refractivity (Wildman–Crippen MR) is 59.9 cm³/mol. The lowest BCUT2D eigenvalue weighted by molar-refractivity contribution is 0.244. The predicted octanol–water partition coefficient (Wildman–Crippen LogP) is 0.899. The fraction of sp³-hybridized carbons (Fsp3) is 0.700. The molecule has 14 heavy (non-hydrogen) atoms. The molecule has 0 spiro atoms. The third-order valence-corrected chi connectivity index (χ3v) is 3.49. The van der Waals surface area contributed by atoms with Gasteiger partial charge in [0.2, 0.25) is 0 Å². The minimum atomic E-state index is 1.11. The van der Waals surface area contributed by atoms with Gasteiger partial charge in [0, 0.05) is 50.2 Å². The molecule has 0 aliphatic carbocycles. The third kappa shape index (κ3) is 2.77. The Morgan fingerprint density at radius 1 is 1.50 bits per heavy atom. The molecule has 78 valence electrons. The van der Waals surface area contributed by atoms with Crippen molar-refractivity contribution in [1.82, 2.24) is 15.2 Å². The lowest BCUT2D eigenvalue weighted by atomic mass is 10.3. The first-order valence-corrected chi connectivity index (χ1v) is 6.00. The van der Waals surface area contributed by atoms with Gasteiger partial charge in [-0.1, -0.05) is 0 Å². The van der Waals surface area contributed by atoms with Gasteiger partial charge in [-0.3, -0.25) is 0 Å². The number of rotatable bonds is 3. The van der Waals surface area contributed by atoms with Crippen LogP contribution in [-0.4, -0.2) is 42.6 Å². The summed E-state index contributed by atoms with van der Waals surface area (Å²) in [5.74, 6) is 0. The fourth-order valence-electron chi connectivity index (χ4n) is 1.71. The smallest absolute Gasteiger partial charge is 0.0940 e. The van der Waals surface area contributed by atoms with Crippen LogP contribution in [0.3, 0.4) is 0 Å². The molecule has 0 bridgehead atoms. The second-order valence-corrected chi connectivity index (χ2v) is 5.03. The third-order valence-electron chi connectivity index (χ3n) is 2.52. The zero-order valence-electron chi connectivity index (χ0n) is 8.62. The van der Waals surface area contributed by atoms with E-state index in [0.717, 1.165) is 26.1 Å². The average Bonchev–Trinajstić information content (AvgIpc) is 2.63. The topological polar surface area (TPSA) is 28.2 Å². The molecule has 0 aromatic carbocycles. The van der Waals surface area contributed by atoms with E-state index in [1.165, 1.54) is 23.0 Å². The van der Waals surface area contributed by atoms with Gasteiger partial charge in [0.15, 0.2) is 0 Å². The highest BCUT2D eigenvalue weighted by atomic mass is 32.1. The quantitative estimate of drug-likeness (QED) is 0.805. The van der Waals surface area contributed by atoms with Gasteiger partial charge >= 0.3 is 0 Å². The largest absolute Gasteiger partial charge is 0.314 e. The van der Waals surface area contributed by atoms with E-state index in [0.29, 0.717) is 0 Å². The van der Waals surface area contributed by atoms with E-state index in [9.17, 15) is 0 Å². The van der Waals surface area contributed by atoms with Crippen LogP contribution in [0.4, 0.5) is 0 Å². The highest BCUT2D eigenvalue weighted by molar-refractivity contribution is 7.11. The van der Waals surface area contributed by atoms with Crippen LogP contribution in [0, 0.1) is 6.92 Å². The Balaban J connectivity index is 1.76. The van der Waals surface area contributed by atoms with Crippen molar-refractivity contribution in [2.24, 2.45) is 0 Å². The van der Waals surface area contributed by atoms with Gasteiger partial charge in [-0.25, -0.2) is 4.98 Å². The molecule has 1 saturated heterocycles. The number of hydrogen-bond acceptors (Lipinski definition) is 4. The maximum absolute atomic E-state index is 4.38. The molecule has 3 nitrogen and oxygen atoms in total. The highest BCUT2D eigenvalue weighted by Crippen LogP contribution is 2.12. The molecule has 4 heteroatoms. The van der Waals surface area contributed by atoms with Gasteiger partial charge in [-0.2, -0.15) is 0 Å². The molecular formula is C10H17N3S. The molecule has 0 amide bonds. The molecular weight excluding hydrogens is 194 g/mol. The zero-order valence-corrected chi connectivity index (χ0v) is 9.44. The summed E-state index contributed by atoms with van der Waals surface area (Å²) in [5, 5.41) is 4.64. The van der Waals surface area contributed by atoms with Crippen molar-refractivity contribution in [2.45, 2.75) is 13.3 Å². The average molecular weight is 211 g/mol. The summed E-state index contributed by atoms with van der Waals surface area (Å²) in [6.45, 7) is 7.92. The Kier molecular flexibility index (Phi) is 3.50. The Morgan fingerprint density at radius 3 is 2.93 bits per heavy atom. The summed E-state index contributed by atoms with van der Waals surface area (Å²) in [6.07, 6.45) is 3.08. The first kappa shape index (κ1) is 10.1. The van der Waals surface area contributed by atoms with Gasteiger partial charge in [-0.05, 0) is 6.92 Å². The van der Waals surface area contributed by atoms with Crippen LogP contribution in [0.2, 0.25) is 0 Å². The molecule has 1 aliphatic heterocycles. The normalized spacial score (nSPS) is 18.6. The summed E-state index contributed by atoms with van der Waals surface area (Å²) in [5.41, 5.74) is 0. The molecule has 0 atom stereocenters. The van der Waals surface area contributed by atoms with Gasteiger partial charge in [-0.15, -0.1) is 11.3 Å². The van der Waals surface area contributed by atoms with E-state index in [1.807, 2.05) is 17.5 Å². The Labute approximate surface area is 89.1 Å². The Bertz CT molecular complexity index is 279. The minimum absolute atomic E-state index is 1.11. The van der Waals surface area contributed by atoms with Crippen LogP contribution in [0.25, 0.3) is 0 Å². The maximum Gasteiger partial charge on any atom is 0.0940 e. The van der Waals surface area contributed by atoms with Crippen LogP contribution >= 0.6 is 11.3 Å². The van der Waals surface area contributed by atoms with Crippen molar-refractivity contribution in [3.8, 4) is 0 Å². The molecule has 2 rings (SSSR count). The van der Waals surface area contributed by atoms with Gasteiger partial charge in [0.05, 0.1) is 5.01 Å². The van der Waals surface area contributed by atoms with Crippen molar-refractivity contribution in [2.75, 3.05) is 32.7 Å². The van der Waals surface area contributed by atoms with Crippen LogP contribution in [0.15, 0.2) is 6.20 Å². The second-order valence-electron chi connectivity index (χ2n) is 3.71. The van der Waals surface area contributed by atoms with Crippen molar-refractivity contribution >= 4 is 11.3 Å². The molecule has 0 radical (unpaired) electrons. The first-order valence-electron chi connectivity index (χ1n) is 5.19. The lowest BCUT2D eigenvalue weighted by Gasteiger charge is -2.26. The van der Waals surface area contributed by atoms with Crippen molar-refractivity contribution in [3.05, 3.63) is 16.1 Å². The van der Waals surface area contributed by atoms with E-state index in [4.69, 9.17) is 0 Å². The van der Waals surface area contributed by atoms with E-state index < -0.39 is 0 Å². The number of hydrogen-bond donors (Lipinski definition) is 1. The van der Waals surface area contributed by atoms with E-state index in [-0.39, 0.29) is 0 Å². The number of aromatic nitrogens is 1. The second kappa shape index (κ2) is 4.87. The summed E-state index contributed by atoms with van der Waals surface area (Å²) < 4.78 is 0. The monoisotopic (exact) mass is 211 g/mol. The molecule has 1 aromatic rings. The fourth-order valence-corrected chi connectivity index (χ4v) is 2.48. The summed E-state index contributed by atoms with van der Waals surface area (Å²) in [4.78, 5) is 8.20.